The molecule has 10 heteroatoms. The highest BCUT2D eigenvalue weighted by Gasteiger charge is 2.49. The summed E-state index contributed by atoms with van der Waals surface area (Å²) in [5.74, 6) is -0.871. The number of fused-ring (bicyclic) bond motifs is 1. The van der Waals surface area contributed by atoms with Gasteiger partial charge in [0.15, 0.2) is 0 Å². The summed E-state index contributed by atoms with van der Waals surface area (Å²) >= 11 is 9.88. The van der Waals surface area contributed by atoms with Gasteiger partial charge in [0.1, 0.15) is 5.41 Å². The number of hydrogen-bond acceptors (Lipinski definition) is 5. The van der Waals surface area contributed by atoms with Crippen LogP contribution in [-0.4, -0.2) is 51.9 Å². The van der Waals surface area contributed by atoms with Crippen LogP contribution in [0.4, 0.5) is 5.69 Å². The average molecular weight is 618 g/mol. The van der Waals surface area contributed by atoms with Crippen LogP contribution in [0.25, 0.3) is 0 Å². The van der Waals surface area contributed by atoms with E-state index in [9.17, 15) is 18.0 Å². The molecule has 2 heterocycles. The smallest absolute Gasteiger partial charge is 0.318 e. The zero-order valence-corrected chi connectivity index (χ0v) is 23.9. The number of anilines is 1. The molecule has 0 N–H and O–H groups in total. The number of likely N-dealkylation sites (tertiary alicyclic amines) is 1. The van der Waals surface area contributed by atoms with Gasteiger partial charge in [0.25, 0.3) is 15.9 Å². The molecule has 0 spiro atoms. The highest BCUT2D eigenvalue weighted by Crippen LogP contribution is 2.39. The zero-order valence-electron chi connectivity index (χ0n) is 20.7. The van der Waals surface area contributed by atoms with E-state index < -0.39 is 27.3 Å². The summed E-state index contributed by atoms with van der Waals surface area (Å²) in [7, 11) is -2.61. The molecule has 3 aromatic carbocycles. The summed E-state index contributed by atoms with van der Waals surface area (Å²) in [6.45, 7) is 0.723. The Balaban J connectivity index is 1.47. The maximum atomic E-state index is 13.7. The first-order valence-corrected chi connectivity index (χ1v) is 14.8. The van der Waals surface area contributed by atoms with E-state index in [1.54, 1.807) is 6.07 Å². The summed E-state index contributed by atoms with van der Waals surface area (Å²) in [6.07, 6.45) is 1.87. The lowest BCUT2D eigenvalue weighted by molar-refractivity contribution is -0.147. The minimum absolute atomic E-state index is 0.00706. The van der Waals surface area contributed by atoms with Crippen LogP contribution >= 0.6 is 27.5 Å². The SMILES string of the molecule is COC(=O)C1(c2cccc(Br)c2)CCN(C(=O)c2cc(S(=O)(=O)N3CCCc4ccccc43)ccc2Cl)C1. The second kappa shape index (κ2) is 10.4. The second-order valence-corrected chi connectivity index (χ2v) is 12.7. The van der Waals surface area contributed by atoms with Gasteiger partial charge in [-0.1, -0.05) is 57.9 Å². The van der Waals surface area contributed by atoms with Gasteiger partial charge in [-0.2, -0.15) is 0 Å². The molecule has 2 aliphatic heterocycles. The number of sulfonamides is 1. The molecule has 38 heavy (non-hydrogen) atoms. The lowest BCUT2D eigenvalue weighted by atomic mass is 9.79. The summed E-state index contributed by atoms with van der Waals surface area (Å²) in [4.78, 5) is 28.2. The number of para-hydroxylation sites is 1. The van der Waals surface area contributed by atoms with Crippen molar-refractivity contribution in [2.75, 3.05) is 31.0 Å². The molecule has 1 unspecified atom stereocenters. The molecule has 7 nitrogen and oxygen atoms in total. The third kappa shape index (κ3) is 4.61. The predicted octanol–water partition coefficient (Wildman–Crippen LogP) is 5.20. The zero-order chi connectivity index (χ0) is 27.1. The number of esters is 1. The summed E-state index contributed by atoms with van der Waals surface area (Å²) in [6, 6.07) is 19.0. The van der Waals surface area contributed by atoms with Gasteiger partial charge in [0.2, 0.25) is 0 Å². The maximum absolute atomic E-state index is 13.7. The van der Waals surface area contributed by atoms with Gasteiger partial charge < -0.3 is 9.64 Å². The quantitative estimate of drug-likeness (QED) is 0.368. The van der Waals surface area contributed by atoms with E-state index in [0.717, 1.165) is 22.0 Å². The largest absolute Gasteiger partial charge is 0.468 e. The van der Waals surface area contributed by atoms with Gasteiger partial charge >= 0.3 is 5.97 Å². The van der Waals surface area contributed by atoms with Crippen LogP contribution in [0.1, 0.15) is 34.3 Å². The molecule has 0 aromatic heterocycles. The highest BCUT2D eigenvalue weighted by atomic mass is 79.9. The average Bonchev–Trinajstić information content (AvgIpc) is 3.39. The first-order valence-electron chi connectivity index (χ1n) is 12.2. The number of aryl methyl sites for hydroxylation is 1. The number of benzene rings is 3. The van der Waals surface area contributed by atoms with Gasteiger partial charge in [-0.15, -0.1) is 0 Å². The summed E-state index contributed by atoms with van der Waals surface area (Å²) in [5.41, 5.74) is 1.39. The highest BCUT2D eigenvalue weighted by molar-refractivity contribution is 9.10. The third-order valence-electron chi connectivity index (χ3n) is 7.33. The molecule has 1 amide bonds. The minimum Gasteiger partial charge on any atom is -0.468 e. The third-order valence-corrected chi connectivity index (χ3v) is 9.97. The monoisotopic (exact) mass is 616 g/mol. The first-order chi connectivity index (χ1) is 18.2. The second-order valence-electron chi connectivity index (χ2n) is 9.51. The van der Waals surface area contributed by atoms with Crippen molar-refractivity contribution in [1.82, 2.24) is 4.90 Å². The Morgan fingerprint density at radius 3 is 2.58 bits per heavy atom. The number of amides is 1. The molecule has 0 saturated carbocycles. The van der Waals surface area contributed by atoms with Crippen molar-refractivity contribution in [2.45, 2.75) is 29.6 Å². The Morgan fingerprint density at radius 2 is 1.82 bits per heavy atom. The maximum Gasteiger partial charge on any atom is 0.318 e. The number of nitrogens with zero attached hydrogens (tertiary/aromatic N) is 2. The predicted molar refractivity (Wildman–Crippen MR) is 149 cm³/mol. The van der Waals surface area contributed by atoms with Crippen molar-refractivity contribution in [3.05, 3.63) is 92.9 Å². The molecular weight excluding hydrogens is 592 g/mol. The van der Waals surface area contributed by atoms with Crippen molar-refractivity contribution in [1.29, 1.82) is 0 Å². The first kappa shape index (κ1) is 26.7. The molecule has 0 radical (unpaired) electrons. The molecular formula is C28H26BrClN2O5S. The van der Waals surface area contributed by atoms with E-state index in [0.29, 0.717) is 25.1 Å². The Kier molecular flexibility index (Phi) is 7.28. The summed E-state index contributed by atoms with van der Waals surface area (Å²) in [5, 5.41) is 0.144. The van der Waals surface area contributed by atoms with Crippen molar-refractivity contribution >= 4 is 55.1 Å². The van der Waals surface area contributed by atoms with Gasteiger partial charge in [-0.3, -0.25) is 13.9 Å². The summed E-state index contributed by atoms with van der Waals surface area (Å²) < 4.78 is 34.7. The van der Waals surface area contributed by atoms with E-state index in [1.807, 2.05) is 42.5 Å². The van der Waals surface area contributed by atoms with E-state index in [1.165, 1.54) is 34.5 Å². The molecule has 3 aromatic rings. The molecule has 198 valence electrons. The molecule has 1 fully saturated rings. The fourth-order valence-corrected chi connectivity index (χ4v) is 7.53. The number of methoxy groups -OCH3 is 1. The molecule has 0 bridgehead atoms. The number of halogens is 2. The van der Waals surface area contributed by atoms with Crippen molar-refractivity contribution in [3.63, 3.8) is 0 Å². The van der Waals surface area contributed by atoms with Crippen LogP contribution < -0.4 is 4.31 Å². The lowest BCUT2D eigenvalue weighted by Gasteiger charge is -2.30. The van der Waals surface area contributed by atoms with E-state index >= 15 is 0 Å². The Morgan fingerprint density at radius 1 is 1.03 bits per heavy atom. The fourth-order valence-electron chi connectivity index (χ4n) is 5.36. The van der Waals surface area contributed by atoms with Crippen molar-refractivity contribution < 1.29 is 22.7 Å². The van der Waals surface area contributed by atoms with Crippen LogP contribution in [-0.2, 0) is 31.4 Å². The molecule has 0 aliphatic carbocycles. The van der Waals surface area contributed by atoms with Crippen LogP contribution in [0.15, 0.2) is 76.1 Å². The van der Waals surface area contributed by atoms with Gasteiger partial charge in [0.05, 0.1) is 28.3 Å². The Hall–Kier alpha value is -2.88. The lowest BCUT2D eigenvalue weighted by Crippen LogP contribution is -2.41. The van der Waals surface area contributed by atoms with Crippen LogP contribution in [0, 0.1) is 0 Å². The van der Waals surface area contributed by atoms with Crippen LogP contribution in [0.3, 0.4) is 0 Å². The van der Waals surface area contributed by atoms with Gasteiger partial charge in [0, 0.05) is 24.1 Å². The number of hydrogen-bond donors (Lipinski definition) is 0. The van der Waals surface area contributed by atoms with Gasteiger partial charge in [-0.25, -0.2) is 8.42 Å². The Labute approximate surface area is 235 Å². The molecule has 5 rings (SSSR count). The number of rotatable bonds is 5. The van der Waals surface area contributed by atoms with E-state index in [2.05, 4.69) is 15.9 Å². The van der Waals surface area contributed by atoms with Crippen molar-refractivity contribution in [3.8, 4) is 0 Å². The minimum atomic E-state index is -3.94. The normalized spacial score (nSPS) is 19.2. The molecule has 1 saturated heterocycles. The van der Waals surface area contributed by atoms with Gasteiger partial charge in [-0.05, 0) is 66.8 Å². The number of carbonyl (C=O) groups is 2. The van der Waals surface area contributed by atoms with E-state index in [-0.39, 0.29) is 28.6 Å². The number of ether oxygens (including phenoxy) is 1. The molecule has 1 atom stereocenters. The van der Waals surface area contributed by atoms with E-state index in [4.69, 9.17) is 16.3 Å². The topological polar surface area (TPSA) is 84.0 Å². The molecule has 2 aliphatic rings. The standard InChI is InChI=1S/C28H26BrClN2O5S/c1-37-27(34)28(20-8-4-9-21(29)16-20)13-15-31(18-28)26(33)23-17-22(11-12-24(23)30)38(35,36)32-14-5-7-19-6-2-3-10-25(19)32/h2-4,6,8-12,16-17H,5,7,13-15,18H2,1H3. The number of carbonyl (C=O) groups excluding carboxylic acids is 2. The Bertz CT molecular complexity index is 1530. The van der Waals surface area contributed by atoms with Crippen LogP contribution in [0.2, 0.25) is 5.02 Å². The van der Waals surface area contributed by atoms with Crippen LogP contribution in [0.5, 0.6) is 0 Å². The van der Waals surface area contributed by atoms with Crippen molar-refractivity contribution in [2.24, 2.45) is 0 Å². The fraction of sp³-hybridized carbons (Fsp3) is 0.286.